The third-order valence-corrected chi connectivity index (χ3v) is 7.41. The first-order chi connectivity index (χ1) is 12.8. The fourth-order valence-corrected chi connectivity index (χ4v) is 5.67. The second-order valence-corrected chi connectivity index (χ2v) is 10.9. The second kappa shape index (κ2) is 10.1. The molecule has 0 aromatic heterocycles. The number of unbranched alkanes of at least 4 members (excludes halogenated alkanes) is 2. The van der Waals surface area contributed by atoms with Crippen LogP contribution in [0.4, 0.5) is 0 Å². The molecule has 0 aromatic rings. The molecule has 0 radical (unpaired) electrons. The van der Waals surface area contributed by atoms with Crippen molar-refractivity contribution in [1.29, 1.82) is 0 Å². The van der Waals surface area contributed by atoms with Crippen LogP contribution in [0.1, 0.15) is 39.5 Å². The molecule has 0 saturated heterocycles. The standard InChI is InChI=1S/C17H31ClN4O4S2/c1-5-6-7-8-12(2)10-21-28(25,26)14-9-13(11-22(3)4)15(18)17(16(14)19)27(20,23)24/h9,11-12,15,21H,5-8,10,19H2,1-4H3,(H2,20,23,24). The summed E-state index contributed by atoms with van der Waals surface area (Å²) in [6.45, 7) is 4.27. The molecule has 5 N–H and O–H groups in total. The minimum atomic E-state index is -4.30. The molecule has 0 aromatic carbocycles. The van der Waals surface area contributed by atoms with Gasteiger partial charge in [-0.3, -0.25) is 0 Å². The summed E-state index contributed by atoms with van der Waals surface area (Å²) in [5.74, 6) is 0.131. The van der Waals surface area contributed by atoms with Crippen molar-refractivity contribution in [3.05, 3.63) is 33.4 Å². The van der Waals surface area contributed by atoms with E-state index in [-0.39, 0.29) is 22.9 Å². The SMILES string of the molecule is CCCCCC(C)CNS(=O)(=O)C1=CC(=CN(C)C)C(Cl)C(S(N)(=O)=O)=C1N. The summed E-state index contributed by atoms with van der Waals surface area (Å²) in [5.41, 5.74) is 5.70. The number of hydrogen-bond donors (Lipinski definition) is 3. The van der Waals surface area contributed by atoms with E-state index in [9.17, 15) is 16.8 Å². The quantitative estimate of drug-likeness (QED) is 0.338. The molecule has 162 valence electrons. The second-order valence-electron chi connectivity index (χ2n) is 7.24. The van der Waals surface area contributed by atoms with Crippen molar-refractivity contribution in [3.8, 4) is 0 Å². The first-order valence-corrected chi connectivity index (χ1v) is 12.5. The predicted octanol–water partition coefficient (Wildman–Crippen LogP) is 1.53. The van der Waals surface area contributed by atoms with E-state index < -0.39 is 36.0 Å². The Morgan fingerprint density at radius 1 is 1.29 bits per heavy atom. The minimum absolute atomic E-state index is 0.131. The molecule has 1 rings (SSSR count). The van der Waals surface area contributed by atoms with Crippen molar-refractivity contribution >= 4 is 31.6 Å². The molecule has 0 saturated carbocycles. The maximum absolute atomic E-state index is 12.8. The maximum atomic E-state index is 12.8. The highest BCUT2D eigenvalue weighted by Crippen LogP contribution is 2.34. The van der Waals surface area contributed by atoms with E-state index in [0.29, 0.717) is 0 Å². The van der Waals surface area contributed by atoms with Gasteiger partial charge in [-0.25, -0.2) is 26.7 Å². The zero-order valence-electron chi connectivity index (χ0n) is 16.8. The average Bonchev–Trinajstić information content (AvgIpc) is 2.54. The Hall–Kier alpha value is -1.07. The van der Waals surface area contributed by atoms with Crippen LogP contribution < -0.4 is 15.6 Å². The summed E-state index contributed by atoms with van der Waals surface area (Å²) in [4.78, 5) is 0.764. The van der Waals surface area contributed by atoms with E-state index in [4.69, 9.17) is 22.5 Å². The molecular formula is C17H31ClN4O4S2. The zero-order chi connectivity index (χ0) is 21.7. The summed E-state index contributed by atoms with van der Waals surface area (Å²) in [5, 5.41) is 4.07. The summed E-state index contributed by atoms with van der Waals surface area (Å²) in [7, 11) is -4.95. The number of alkyl halides is 1. The van der Waals surface area contributed by atoms with Crippen molar-refractivity contribution < 1.29 is 16.8 Å². The van der Waals surface area contributed by atoms with Crippen LogP contribution in [0.25, 0.3) is 0 Å². The van der Waals surface area contributed by atoms with Crippen LogP contribution >= 0.6 is 11.6 Å². The van der Waals surface area contributed by atoms with E-state index in [1.165, 1.54) is 12.3 Å². The van der Waals surface area contributed by atoms with Crippen molar-refractivity contribution in [2.75, 3.05) is 20.6 Å². The topological polar surface area (TPSA) is 136 Å². The summed E-state index contributed by atoms with van der Waals surface area (Å²) in [6.07, 6.45) is 6.89. The van der Waals surface area contributed by atoms with Crippen molar-refractivity contribution in [1.82, 2.24) is 9.62 Å². The number of nitrogens with two attached hydrogens (primary N) is 2. The number of nitrogens with one attached hydrogen (secondary N) is 1. The lowest BCUT2D eigenvalue weighted by Crippen LogP contribution is -2.36. The molecule has 2 atom stereocenters. The number of rotatable bonds is 10. The van der Waals surface area contributed by atoms with Crippen LogP contribution in [0.3, 0.4) is 0 Å². The fourth-order valence-electron chi connectivity index (χ4n) is 2.81. The van der Waals surface area contributed by atoms with Crippen LogP contribution in [0.2, 0.25) is 0 Å². The van der Waals surface area contributed by atoms with E-state index >= 15 is 0 Å². The molecule has 8 nitrogen and oxygen atoms in total. The van der Waals surface area contributed by atoms with Gasteiger partial charge in [0.2, 0.25) is 20.0 Å². The maximum Gasteiger partial charge on any atom is 0.242 e. The lowest BCUT2D eigenvalue weighted by Gasteiger charge is -2.25. The molecule has 0 spiro atoms. The monoisotopic (exact) mass is 454 g/mol. The predicted molar refractivity (Wildman–Crippen MR) is 114 cm³/mol. The lowest BCUT2D eigenvalue weighted by molar-refractivity contribution is 0.484. The number of allylic oxidation sites excluding steroid dienone is 3. The first-order valence-electron chi connectivity index (χ1n) is 9.07. The molecule has 1 aliphatic carbocycles. The third-order valence-electron chi connectivity index (χ3n) is 4.28. The molecule has 0 bridgehead atoms. The third kappa shape index (κ3) is 6.77. The number of nitrogens with zero attached hydrogens (tertiary/aromatic N) is 1. The molecule has 0 fully saturated rings. The highest BCUT2D eigenvalue weighted by molar-refractivity contribution is 7.94. The molecule has 0 amide bonds. The van der Waals surface area contributed by atoms with Gasteiger partial charge in [0.1, 0.15) is 9.81 Å². The average molecular weight is 455 g/mol. The van der Waals surface area contributed by atoms with Gasteiger partial charge in [0.25, 0.3) is 0 Å². The van der Waals surface area contributed by atoms with E-state index in [1.807, 2.05) is 6.92 Å². The van der Waals surface area contributed by atoms with Crippen LogP contribution in [-0.4, -0.2) is 47.8 Å². The van der Waals surface area contributed by atoms with Gasteiger partial charge in [-0.2, -0.15) is 0 Å². The fraction of sp³-hybridized carbons (Fsp3) is 0.647. The van der Waals surface area contributed by atoms with Gasteiger partial charge in [-0.1, -0.05) is 33.1 Å². The van der Waals surface area contributed by atoms with Gasteiger partial charge >= 0.3 is 0 Å². The highest BCUT2D eigenvalue weighted by Gasteiger charge is 2.36. The zero-order valence-corrected chi connectivity index (χ0v) is 19.2. The first kappa shape index (κ1) is 25.0. The lowest BCUT2D eigenvalue weighted by atomic mass is 10.0. The van der Waals surface area contributed by atoms with E-state index in [1.54, 1.807) is 19.0 Å². The molecule has 0 aliphatic heterocycles. The number of hydrogen-bond acceptors (Lipinski definition) is 6. The van der Waals surface area contributed by atoms with Gasteiger partial charge < -0.3 is 10.6 Å². The summed E-state index contributed by atoms with van der Waals surface area (Å²) in [6, 6.07) is 0. The van der Waals surface area contributed by atoms with Crippen molar-refractivity contribution in [2.45, 2.75) is 44.9 Å². The Labute approximate surface area is 173 Å². The van der Waals surface area contributed by atoms with E-state index in [0.717, 1.165) is 25.7 Å². The van der Waals surface area contributed by atoms with Crippen LogP contribution in [0.15, 0.2) is 33.4 Å². The van der Waals surface area contributed by atoms with Crippen LogP contribution in [0, 0.1) is 5.92 Å². The Balaban J connectivity index is 3.24. The van der Waals surface area contributed by atoms with Crippen LogP contribution in [0.5, 0.6) is 0 Å². The summed E-state index contributed by atoms with van der Waals surface area (Å²) < 4.78 is 52.2. The molecule has 1 aliphatic rings. The van der Waals surface area contributed by atoms with Crippen LogP contribution in [-0.2, 0) is 20.0 Å². The van der Waals surface area contributed by atoms with Gasteiger partial charge in [0.15, 0.2) is 0 Å². The number of halogens is 1. The van der Waals surface area contributed by atoms with Gasteiger partial charge in [0.05, 0.1) is 11.1 Å². The molecule has 2 unspecified atom stereocenters. The van der Waals surface area contributed by atoms with Gasteiger partial charge in [-0.05, 0) is 24.0 Å². The Morgan fingerprint density at radius 3 is 2.39 bits per heavy atom. The molecule has 28 heavy (non-hydrogen) atoms. The van der Waals surface area contributed by atoms with Gasteiger partial charge in [-0.15, -0.1) is 11.6 Å². The van der Waals surface area contributed by atoms with Crippen molar-refractivity contribution in [3.63, 3.8) is 0 Å². The molecular weight excluding hydrogens is 424 g/mol. The van der Waals surface area contributed by atoms with Gasteiger partial charge in [0, 0.05) is 26.8 Å². The Kier molecular flexibility index (Phi) is 9.01. The Bertz CT molecular complexity index is 862. The largest absolute Gasteiger partial charge is 0.397 e. The molecule has 11 heteroatoms. The van der Waals surface area contributed by atoms with E-state index in [2.05, 4.69) is 11.6 Å². The highest BCUT2D eigenvalue weighted by atomic mass is 35.5. The smallest absolute Gasteiger partial charge is 0.242 e. The minimum Gasteiger partial charge on any atom is -0.397 e. The van der Waals surface area contributed by atoms with Crippen molar-refractivity contribution in [2.24, 2.45) is 16.8 Å². The Morgan fingerprint density at radius 2 is 1.89 bits per heavy atom. The normalized spacial score (nSPS) is 21.0. The summed E-state index contributed by atoms with van der Waals surface area (Å²) >= 11 is 6.23. The molecule has 0 heterocycles. The number of primary sulfonamides is 1. The number of sulfonamides is 2.